The van der Waals surface area contributed by atoms with Gasteiger partial charge < -0.3 is 14.4 Å². The largest absolute Gasteiger partial charge is 0.496 e. The Morgan fingerprint density at radius 2 is 2.08 bits per heavy atom. The first kappa shape index (κ1) is 11.5. The van der Waals surface area contributed by atoms with E-state index in [0.717, 1.165) is 6.54 Å². The van der Waals surface area contributed by atoms with Gasteiger partial charge in [0.25, 0.3) is 0 Å². The molecule has 0 fully saturated rings. The lowest BCUT2D eigenvalue weighted by molar-refractivity contribution is 0.0508. The van der Waals surface area contributed by atoms with E-state index >= 15 is 0 Å². The second kappa shape index (κ2) is 6.03. The number of methoxy groups -OCH3 is 1. The smallest absolute Gasteiger partial charge is 0.126 e. The summed E-state index contributed by atoms with van der Waals surface area (Å²) in [4.78, 5) is 2.04. The molecule has 0 radical (unpaired) electrons. The fraction of sp³-hybridized carbons (Fsp3) is 0.778. The van der Waals surface area contributed by atoms with Gasteiger partial charge in [-0.1, -0.05) is 6.58 Å². The molecule has 0 spiro atoms. The molecule has 3 nitrogen and oxygen atoms in total. The molecule has 0 unspecified atom stereocenters. The fourth-order valence-electron chi connectivity index (χ4n) is 0.918. The van der Waals surface area contributed by atoms with E-state index in [-0.39, 0.29) is 6.10 Å². The quantitative estimate of drug-likeness (QED) is 0.562. The topological polar surface area (TPSA) is 21.7 Å². The molecule has 1 atom stereocenters. The van der Waals surface area contributed by atoms with Crippen LogP contribution in [0.3, 0.4) is 0 Å². The Hall–Kier alpha value is -0.540. The average molecular weight is 173 g/mol. The summed E-state index contributed by atoms with van der Waals surface area (Å²) >= 11 is 0. The third-order valence-electron chi connectivity index (χ3n) is 1.50. The lowest BCUT2D eigenvalue weighted by Crippen LogP contribution is -2.29. The van der Waals surface area contributed by atoms with Crippen LogP contribution in [0.5, 0.6) is 0 Å². The van der Waals surface area contributed by atoms with Gasteiger partial charge in [0.1, 0.15) is 11.9 Å². The highest BCUT2D eigenvalue weighted by Gasteiger charge is 2.13. The minimum Gasteiger partial charge on any atom is -0.496 e. The first-order valence-corrected chi connectivity index (χ1v) is 4.10. The van der Waals surface area contributed by atoms with E-state index in [1.165, 1.54) is 0 Å². The molecule has 0 aliphatic rings. The number of rotatable bonds is 6. The maximum absolute atomic E-state index is 5.25. The lowest BCUT2D eigenvalue weighted by Gasteiger charge is -2.21. The van der Waals surface area contributed by atoms with Gasteiger partial charge in [-0.2, -0.15) is 0 Å². The molecular formula is C9H19NO2. The maximum Gasteiger partial charge on any atom is 0.126 e. The van der Waals surface area contributed by atoms with Crippen molar-refractivity contribution < 1.29 is 9.47 Å². The number of ether oxygens (including phenoxy) is 2. The van der Waals surface area contributed by atoms with Crippen molar-refractivity contribution in [3.05, 3.63) is 12.3 Å². The summed E-state index contributed by atoms with van der Waals surface area (Å²) in [5.74, 6) is 0.702. The predicted octanol–water partition coefficient (Wildman–Crippen LogP) is 1.11. The first-order valence-electron chi connectivity index (χ1n) is 4.10. The summed E-state index contributed by atoms with van der Waals surface area (Å²) in [5.41, 5.74) is 0. The van der Waals surface area contributed by atoms with Crippen molar-refractivity contribution in [2.45, 2.75) is 13.0 Å². The van der Waals surface area contributed by atoms with Crippen LogP contribution in [-0.4, -0.2) is 45.4 Å². The van der Waals surface area contributed by atoms with Crippen LogP contribution in [0.15, 0.2) is 12.3 Å². The fourth-order valence-corrected chi connectivity index (χ4v) is 0.918. The number of hydrogen-bond donors (Lipinski definition) is 0. The maximum atomic E-state index is 5.25. The van der Waals surface area contributed by atoms with E-state index in [4.69, 9.17) is 9.47 Å². The van der Waals surface area contributed by atoms with Crippen molar-refractivity contribution in [1.82, 2.24) is 4.90 Å². The molecule has 0 amide bonds. The highest BCUT2D eigenvalue weighted by molar-refractivity contribution is 4.93. The normalized spacial score (nSPS) is 13.1. The van der Waals surface area contributed by atoms with Gasteiger partial charge in [0, 0.05) is 13.7 Å². The highest BCUT2D eigenvalue weighted by Crippen LogP contribution is 2.05. The van der Waals surface area contributed by atoms with Gasteiger partial charge in [-0.15, -0.1) is 0 Å². The van der Waals surface area contributed by atoms with Crippen molar-refractivity contribution >= 4 is 0 Å². The molecule has 3 heteroatoms. The summed E-state index contributed by atoms with van der Waals surface area (Å²) in [5, 5.41) is 0. The zero-order valence-corrected chi connectivity index (χ0v) is 8.46. The van der Waals surface area contributed by atoms with E-state index < -0.39 is 0 Å². The molecular weight excluding hydrogens is 154 g/mol. The van der Waals surface area contributed by atoms with Gasteiger partial charge in [0.2, 0.25) is 0 Å². The molecule has 12 heavy (non-hydrogen) atoms. The lowest BCUT2D eigenvalue weighted by atomic mass is 10.3. The van der Waals surface area contributed by atoms with E-state index in [1.54, 1.807) is 7.11 Å². The third kappa shape index (κ3) is 4.36. The Morgan fingerprint density at radius 1 is 1.50 bits per heavy atom. The summed E-state index contributed by atoms with van der Waals surface area (Å²) in [6, 6.07) is 0. The van der Waals surface area contributed by atoms with Gasteiger partial charge in [-0.3, -0.25) is 0 Å². The van der Waals surface area contributed by atoms with Gasteiger partial charge in [0.15, 0.2) is 0 Å². The Kier molecular flexibility index (Phi) is 5.76. The Labute approximate surface area is 75.0 Å². The van der Waals surface area contributed by atoms with Crippen LogP contribution in [0.1, 0.15) is 6.92 Å². The molecule has 0 aromatic carbocycles. The van der Waals surface area contributed by atoms with Crippen LogP contribution >= 0.6 is 0 Å². The van der Waals surface area contributed by atoms with E-state index in [1.807, 2.05) is 25.9 Å². The number of nitrogens with zero attached hydrogens (tertiary/aromatic N) is 1. The van der Waals surface area contributed by atoms with Gasteiger partial charge >= 0.3 is 0 Å². The van der Waals surface area contributed by atoms with Crippen LogP contribution in [0.25, 0.3) is 0 Å². The third-order valence-corrected chi connectivity index (χ3v) is 1.50. The SMILES string of the molecule is C=C(OCC)[C@@H](CN(C)C)OC. The summed E-state index contributed by atoms with van der Waals surface area (Å²) in [6.45, 7) is 7.18. The van der Waals surface area contributed by atoms with Crippen LogP contribution in [-0.2, 0) is 9.47 Å². The predicted molar refractivity (Wildman–Crippen MR) is 50.1 cm³/mol. The minimum absolute atomic E-state index is 0.0278. The van der Waals surface area contributed by atoms with Crippen molar-refractivity contribution in [2.75, 3.05) is 34.4 Å². The Balaban J connectivity index is 3.87. The van der Waals surface area contributed by atoms with Crippen LogP contribution in [0, 0.1) is 0 Å². The van der Waals surface area contributed by atoms with E-state index in [0.29, 0.717) is 12.4 Å². The molecule has 72 valence electrons. The van der Waals surface area contributed by atoms with Gasteiger partial charge in [-0.25, -0.2) is 0 Å². The monoisotopic (exact) mass is 173 g/mol. The molecule has 0 aliphatic heterocycles. The minimum atomic E-state index is -0.0278. The van der Waals surface area contributed by atoms with Crippen LogP contribution < -0.4 is 0 Å². The Bertz CT molecular complexity index is 134. The summed E-state index contributed by atoms with van der Waals surface area (Å²) < 4.78 is 10.5. The molecule has 0 N–H and O–H groups in total. The summed E-state index contributed by atoms with van der Waals surface area (Å²) in [6.07, 6.45) is -0.0278. The molecule has 0 aromatic rings. The molecule has 0 saturated heterocycles. The Morgan fingerprint density at radius 3 is 2.42 bits per heavy atom. The van der Waals surface area contributed by atoms with Crippen LogP contribution in [0.4, 0.5) is 0 Å². The van der Waals surface area contributed by atoms with Crippen molar-refractivity contribution in [2.24, 2.45) is 0 Å². The van der Waals surface area contributed by atoms with Crippen molar-refractivity contribution in [1.29, 1.82) is 0 Å². The van der Waals surface area contributed by atoms with Gasteiger partial charge in [0.05, 0.1) is 6.61 Å². The first-order chi connectivity index (χ1) is 5.61. The standard InChI is InChI=1S/C9H19NO2/c1-6-12-8(2)9(11-5)7-10(3)4/h9H,2,6-7H2,1,3-5H3/t9-/m1/s1. The van der Waals surface area contributed by atoms with Crippen molar-refractivity contribution in [3.8, 4) is 0 Å². The zero-order valence-electron chi connectivity index (χ0n) is 8.46. The average Bonchev–Trinajstić information content (AvgIpc) is 2.00. The molecule has 0 aromatic heterocycles. The van der Waals surface area contributed by atoms with E-state index in [2.05, 4.69) is 6.58 Å². The molecule has 0 aliphatic carbocycles. The molecule has 0 heterocycles. The number of likely N-dealkylation sites (N-methyl/N-ethyl adjacent to an activating group) is 1. The number of hydrogen-bond acceptors (Lipinski definition) is 3. The van der Waals surface area contributed by atoms with Crippen LogP contribution in [0.2, 0.25) is 0 Å². The molecule has 0 saturated carbocycles. The second-order valence-corrected chi connectivity index (χ2v) is 2.89. The van der Waals surface area contributed by atoms with Gasteiger partial charge in [-0.05, 0) is 21.0 Å². The second-order valence-electron chi connectivity index (χ2n) is 2.89. The van der Waals surface area contributed by atoms with Crippen molar-refractivity contribution in [3.63, 3.8) is 0 Å². The zero-order chi connectivity index (χ0) is 9.56. The van der Waals surface area contributed by atoms with E-state index in [9.17, 15) is 0 Å². The summed E-state index contributed by atoms with van der Waals surface area (Å²) in [7, 11) is 5.65. The molecule has 0 rings (SSSR count). The molecule has 0 bridgehead atoms. The highest BCUT2D eigenvalue weighted by atomic mass is 16.5.